The molecule has 1 unspecified atom stereocenters. The van der Waals surface area contributed by atoms with E-state index in [9.17, 15) is 13.2 Å². The number of thiophene rings is 1. The standard InChI is InChI=1S/C21H28ClN3O4S2/c1-15(2)21(16-4-6-17(29-3)7-5-16)23-19(26)14-24-10-12-25(13-11-24)31(27,28)20-9-8-18(22)30-20/h4-9,15,21H,10-14H2,1-3H3,(H,23,26). The van der Waals surface area contributed by atoms with E-state index >= 15 is 0 Å². The summed E-state index contributed by atoms with van der Waals surface area (Å²) >= 11 is 6.95. The molecule has 1 amide bonds. The third kappa shape index (κ3) is 5.98. The molecule has 0 spiro atoms. The highest BCUT2D eigenvalue weighted by atomic mass is 35.5. The highest BCUT2D eigenvalue weighted by Gasteiger charge is 2.30. The Hall–Kier alpha value is -1.65. The molecular formula is C21H28ClN3O4S2. The minimum Gasteiger partial charge on any atom is -0.497 e. The maximum Gasteiger partial charge on any atom is 0.252 e. The van der Waals surface area contributed by atoms with Crippen LogP contribution in [0.5, 0.6) is 5.75 Å². The topological polar surface area (TPSA) is 79.0 Å². The number of benzene rings is 1. The Balaban J connectivity index is 1.55. The van der Waals surface area contributed by atoms with Gasteiger partial charge in [-0.3, -0.25) is 9.69 Å². The number of hydrogen-bond donors (Lipinski definition) is 1. The van der Waals surface area contributed by atoms with Gasteiger partial charge in [0.25, 0.3) is 10.0 Å². The molecular weight excluding hydrogens is 458 g/mol. The van der Waals surface area contributed by atoms with Gasteiger partial charge in [-0.1, -0.05) is 37.6 Å². The quantitative estimate of drug-likeness (QED) is 0.621. The molecule has 7 nitrogen and oxygen atoms in total. The van der Waals surface area contributed by atoms with Crippen molar-refractivity contribution < 1.29 is 17.9 Å². The van der Waals surface area contributed by atoms with Gasteiger partial charge in [0.05, 0.1) is 24.0 Å². The van der Waals surface area contributed by atoms with E-state index in [1.165, 1.54) is 10.4 Å². The lowest BCUT2D eigenvalue weighted by Gasteiger charge is -2.33. The van der Waals surface area contributed by atoms with Crippen molar-refractivity contribution in [2.24, 2.45) is 5.92 Å². The van der Waals surface area contributed by atoms with Gasteiger partial charge in [0.1, 0.15) is 9.96 Å². The predicted molar refractivity (Wildman–Crippen MR) is 123 cm³/mol. The molecule has 1 aliphatic rings. The SMILES string of the molecule is COc1ccc(C(NC(=O)CN2CCN(S(=O)(=O)c3ccc(Cl)s3)CC2)C(C)C)cc1. The zero-order valence-corrected chi connectivity index (χ0v) is 20.3. The van der Waals surface area contributed by atoms with Gasteiger partial charge in [0.15, 0.2) is 0 Å². The van der Waals surface area contributed by atoms with Crippen LogP contribution in [0.4, 0.5) is 0 Å². The molecule has 1 saturated heterocycles. The maximum absolute atomic E-state index is 12.7. The van der Waals surface area contributed by atoms with Crippen molar-refractivity contribution in [2.75, 3.05) is 39.8 Å². The van der Waals surface area contributed by atoms with E-state index in [0.29, 0.717) is 30.5 Å². The molecule has 10 heteroatoms. The summed E-state index contributed by atoms with van der Waals surface area (Å²) in [6.45, 7) is 6.05. The van der Waals surface area contributed by atoms with E-state index in [1.807, 2.05) is 29.2 Å². The lowest BCUT2D eigenvalue weighted by atomic mass is 9.96. The highest BCUT2D eigenvalue weighted by Crippen LogP contribution is 2.28. The van der Waals surface area contributed by atoms with Gasteiger partial charge in [-0.25, -0.2) is 8.42 Å². The predicted octanol–water partition coefficient (Wildman–Crippen LogP) is 3.23. The minimum atomic E-state index is -3.54. The van der Waals surface area contributed by atoms with Crippen LogP contribution >= 0.6 is 22.9 Å². The van der Waals surface area contributed by atoms with E-state index in [2.05, 4.69) is 19.2 Å². The Morgan fingerprint density at radius 2 is 1.77 bits per heavy atom. The van der Waals surface area contributed by atoms with Crippen LogP contribution in [0.15, 0.2) is 40.6 Å². The largest absolute Gasteiger partial charge is 0.497 e. The van der Waals surface area contributed by atoms with Crippen LogP contribution < -0.4 is 10.1 Å². The third-order valence-electron chi connectivity index (χ3n) is 5.30. The molecule has 170 valence electrons. The van der Waals surface area contributed by atoms with Crippen LogP contribution in [0.3, 0.4) is 0 Å². The number of halogens is 1. The van der Waals surface area contributed by atoms with E-state index in [0.717, 1.165) is 22.6 Å². The summed E-state index contributed by atoms with van der Waals surface area (Å²) in [6.07, 6.45) is 0. The molecule has 1 aromatic carbocycles. The first-order chi connectivity index (χ1) is 14.7. The first-order valence-corrected chi connectivity index (χ1v) is 12.8. The number of rotatable bonds is 8. The lowest BCUT2D eigenvalue weighted by Crippen LogP contribution is -2.51. The molecule has 2 heterocycles. The number of ether oxygens (including phenoxy) is 1. The van der Waals surface area contributed by atoms with Gasteiger partial charge in [0, 0.05) is 26.2 Å². The summed E-state index contributed by atoms with van der Waals surface area (Å²) in [4.78, 5) is 14.7. The van der Waals surface area contributed by atoms with Crippen LogP contribution in [-0.2, 0) is 14.8 Å². The van der Waals surface area contributed by atoms with Crippen molar-refractivity contribution in [2.45, 2.75) is 24.1 Å². The summed E-state index contributed by atoms with van der Waals surface area (Å²) < 4.78 is 32.8. The van der Waals surface area contributed by atoms with E-state index in [-0.39, 0.29) is 28.6 Å². The van der Waals surface area contributed by atoms with Crippen LogP contribution in [0.25, 0.3) is 0 Å². The molecule has 1 aromatic heterocycles. The van der Waals surface area contributed by atoms with Crippen LogP contribution in [0.2, 0.25) is 4.34 Å². The van der Waals surface area contributed by atoms with E-state index in [1.54, 1.807) is 13.2 Å². The number of nitrogens with zero attached hydrogens (tertiary/aromatic N) is 2. The third-order valence-corrected chi connectivity index (χ3v) is 8.90. The summed E-state index contributed by atoms with van der Waals surface area (Å²) in [6, 6.07) is 10.7. The molecule has 0 saturated carbocycles. The molecule has 1 atom stereocenters. The Labute approximate surface area is 193 Å². The van der Waals surface area contributed by atoms with Crippen molar-refractivity contribution in [1.82, 2.24) is 14.5 Å². The minimum absolute atomic E-state index is 0.0733. The van der Waals surface area contributed by atoms with Gasteiger partial charge in [-0.2, -0.15) is 4.31 Å². The molecule has 3 rings (SSSR count). The van der Waals surface area contributed by atoms with E-state index in [4.69, 9.17) is 16.3 Å². The second-order valence-corrected chi connectivity index (χ2v) is 11.7. The van der Waals surface area contributed by atoms with Gasteiger partial charge >= 0.3 is 0 Å². The smallest absolute Gasteiger partial charge is 0.252 e. The maximum atomic E-state index is 12.7. The highest BCUT2D eigenvalue weighted by molar-refractivity contribution is 7.91. The second-order valence-electron chi connectivity index (χ2n) is 7.80. The lowest BCUT2D eigenvalue weighted by molar-refractivity contribution is -0.123. The fourth-order valence-electron chi connectivity index (χ4n) is 3.56. The normalized spacial score (nSPS) is 16.9. The Bertz CT molecular complexity index is 984. The Morgan fingerprint density at radius 1 is 1.13 bits per heavy atom. The van der Waals surface area contributed by atoms with Gasteiger partial charge < -0.3 is 10.1 Å². The molecule has 0 aliphatic carbocycles. The fourth-order valence-corrected chi connectivity index (χ4v) is 6.62. The summed E-state index contributed by atoms with van der Waals surface area (Å²) in [5, 5.41) is 3.12. The number of sulfonamides is 1. The average Bonchev–Trinajstić information content (AvgIpc) is 3.19. The van der Waals surface area contributed by atoms with Crippen LogP contribution in [0, 0.1) is 5.92 Å². The summed E-state index contributed by atoms with van der Waals surface area (Å²) in [5.41, 5.74) is 1.02. The second kappa shape index (κ2) is 10.3. The molecule has 0 bridgehead atoms. The summed E-state index contributed by atoms with van der Waals surface area (Å²) in [7, 11) is -1.91. The van der Waals surface area contributed by atoms with Crippen molar-refractivity contribution in [3.63, 3.8) is 0 Å². The molecule has 1 aliphatic heterocycles. The monoisotopic (exact) mass is 485 g/mol. The molecule has 0 radical (unpaired) electrons. The van der Waals surface area contributed by atoms with Crippen molar-refractivity contribution in [3.05, 3.63) is 46.3 Å². The number of amides is 1. The zero-order valence-electron chi connectivity index (χ0n) is 17.9. The number of nitrogens with one attached hydrogen (secondary N) is 1. The number of hydrogen-bond acceptors (Lipinski definition) is 6. The first kappa shape index (κ1) is 24.0. The fraction of sp³-hybridized carbons (Fsp3) is 0.476. The van der Waals surface area contributed by atoms with E-state index < -0.39 is 10.0 Å². The molecule has 1 N–H and O–H groups in total. The van der Waals surface area contributed by atoms with Crippen LogP contribution in [-0.4, -0.2) is 63.4 Å². The Morgan fingerprint density at radius 3 is 2.29 bits per heavy atom. The van der Waals surface area contributed by atoms with Gasteiger partial charge in [-0.05, 0) is 35.7 Å². The Kier molecular flexibility index (Phi) is 7.98. The van der Waals surface area contributed by atoms with Crippen molar-refractivity contribution in [1.29, 1.82) is 0 Å². The number of carbonyl (C=O) groups excluding carboxylic acids is 1. The number of carbonyl (C=O) groups is 1. The zero-order chi connectivity index (χ0) is 22.6. The number of methoxy groups -OCH3 is 1. The average molecular weight is 486 g/mol. The summed E-state index contributed by atoms with van der Waals surface area (Å²) in [5.74, 6) is 0.919. The molecule has 31 heavy (non-hydrogen) atoms. The molecule has 2 aromatic rings. The first-order valence-electron chi connectivity index (χ1n) is 10.1. The van der Waals surface area contributed by atoms with Crippen molar-refractivity contribution in [3.8, 4) is 5.75 Å². The van der Waals surface area contributed by atoms with Crippen molar-refractivity contribution >= 4 is 38.9 Å². The van der Waals surface area contributed by atoms with Gasteiger partial charge in [0.2, 0.25) is 5.91 Å². The van der Waals surface area contributed by atoms with Crippen LogP contribution in [0.1, 0.15) is 25.5 Å². The van der Waals surface area contributed by atoms with Gasteiger partial charge in [-0.15, -0.1) is 11.3 Å². The number of piperazine rings is 1. The molecule has 1 fully saturated rings.